The molecule has 5 nitrogen and oxygen atoms in total. The number of amides is 1. The molecule has 0 spiro atoms. The Morgan fingerprint density at radius 2 is 2.29 bits per heavy atom. The third kappa shape index (κ3) is 1.22. The molecular formula is C9H10N2O3. The van der Waals surface area contributed by atoms with Crippen LogP contribution in [0.3, 0.4) is 0 Å². The zero-order valence-electron chi connectivity index (χ0n) is 7.89. The van der Waals surface area contributed by atoms with E-state index in [1.807, 2.05) is 0 Å². The number of ether oxygens (including phenoxy) is 1. The Morgan fingerprint density at radius 3 is 3.00 bits per heavy atom. The quantitative estimate of drug-likeness (QED) is 0.620. The first-order valence-corrected chi connectivity index (χ1v) is 4.20. The molecule has 5 heteroatoms. The Balaban J connectivity index is 2.46. The third-order valence-electron chi connectivity index (χ3n) is 2.00. The highest BCUT2D eigenvalue weighted by Gasteiger charge is 2.38. The van der Waals surface area contributed by atoms with Crippen molar-refractivity contribution in [1.29, 1.82) is 0 Å². The first-order chi connectivity index (χ1) is 6.50. The van der Waals surface area contributed by atoms with Crippen LogP contribution in [0.25, 0.3) is 0 Å². The van der Waals surface area contributed by atoms with Gasteiger partial charge in [-0.3, -0.25) is 10.0 Å². The van der Waals surface area contributed by atoms with Crippen LogP contribution in [0.5, 0.6) is 0 Å². The summed E-state index contributed by atoms with van der Waals surface area (Å²) in [4.78, 5) is 15.2. The molecule has 2 aliphatic heterocycles. The lowest BCUT2D eigenvalue weighted by Gasteiger charge is -2.32. The molecule has 0 saturated carbocycles. The Bertz CT molecular complexity index is 380. The molecule has 2 rings (SSSR count). The standard InChI is InChI=1S/C9H10N2O3/c1-9(2)8(12)10-7-6(14-9)4-3-5-11(7)13/h3-5,13H,1-2H3. The molecule has 0 aliphatic carbocycles. The number of hydrogen-bond donors (Lipinski definition) is 1. The van der Waals surface area contributed by atoms with Crippen molar-refractivity contribution in [3.8, 4) is 0 Å². The maximum Gasteiger partial charge on any atom is 0.291 e. The Hall–Kier alpha value is -1.62. The van der Waals surface area contributed by atoms with Gasteiger partial charge < -0.3 is 4.74 Å². The van der Waals surface area contributed by atoms with Crippen molar-refractivity contribution in [1.82, 2.24) is 5.06 Å². The Kier molecular flexibility index (Phi) is 1.72. The second-order valence-electron chi connectivity index (χ2n) is 3.57. The van der Waals surface area contributed by atoms with E-state index in [-0.39, 0.29) is 5.84 Å². The maximum atomic E-state index is 11.4. The van der Waals surface area contributed by atoms with Gasteiger partial charge in [-0.2, -0.15) is 4.99 Å². The van der Waals surface area contributed by atoms with Crippen molar-refractivity contribution >= 4 is 11.7 Å². The van der Waals surface area contributed by atoms with E-state index < -0.39 is 11.5 Å². The Labute approximate surface area is 80.9 Å². The summed E-state index contributed by atoms with van der Waals surface area (Å²) in [5.74, 6) is 0.135. The van der Waals surface area contributed by atoms with E-state index in [1.165, 1.54) is 6.20 Å². The summed E-state index contributed by atoms with van der Waals surface area (Å²) >= 11 is 0. The van der Waals surface area contributed by atoms with E-state index in [4.69, 9.17) is 4.74 Å². The lowest BCUT2D eigenvalue weighted by Crippen LogP contribution is -2.43. The second kappa shape index (κ2) is 2.68. The number of rotatable bonds is 0. The lowest BCUT2D eigenvalue weighted by molar-refractivity contribution is -0.136. The SMILES string of the molecule is CC1(C)OC2=CC=CN(O)C2=NC1=O. The summed E-state index contributed by atoms with van der Waals surface area (Å²) in [6, 6.07) is 0. The summed E-state index contributed by atoms with van der Waals surface area (Å²) < 4.78 is 5.39. The second-order valence-corrected chi connectivity index (χ2v) is 3.57. The molecule has 14 heavy (non-hydrogen) atoms. The fraction of sp³-hybridized carbons (Fsp3) is 0.333. The highest BCUT2D eigenvalue weighted by atomic mass is 16.5. The molecule has 0 fully saturated rings. The van der Waals surface area contributed by atoms with Crippen LogP contribution < -0.4 is 0 Å². The zero-order chi connectivity index (χ0) is 10.3. The molecule has 0 radical (unpaired) electrons. The molecule has 0 aromatic heterocycles. The number of hydrogen-bond acceptors (Lipinski definition) is 4. The summed E-state index contributed by atoms with van der Waals surface area (Å²) in [5, 5.41) is 10.1. The van der Waals surface area contributed by atoms with Gasteiger partial charge in [0.05, 0.1) is 0 Å². The van der Waals surface area contributed by atoms with Gasteiger partial charge in [-0.15, -0.1) is 0 Å². The van der Waals surface area contributed by atoms with Gasteiger partial charge in [0.15, 0.2) is 11.4 Å². The Morgan fingerprint density at radius 1 is 1.57 bits per heavy atom. The van der Waals surface area contributed by atoms with Gasteiger partial charge in [0.2, 0.25) is 5.84 Å². The van der Waals surface area contributed by atoms with Gasteiger partial charge in [-0.05, 0) is 26.0 Å². The molecule has 0 bridgehead atoms. The number of hydroxylamine groups is 2. The van der Waals surface area contributed by atoms with Crippen molar-refractivity contribution < 1.29 is 14.7 Å². The van der Waals surface area contributed by atoms with Crippen molar-refractivity contribution in [3.63, 3.8) is 0 Å². The van der Waals surface area contributed by atoms with Crippen molar-refractivity contribution in [3.05, 3.63) is 24.1 Å². The fourth-order valence-corrected chi connectivity index (χ4v) is 1.21. The van der Waals surface area contributed by atoms with Gasteiger partial charge in [-0.1, -0.05) is 0 Å². The number of carbonyl (C=O) groups is 1. The largest absolute Gasteiger partial charge is 0.474 e. The predicted octanol–water partition coefficient (Wildman–Crippen LogP) is 0.823. The average molecular weight is 194 g/mol. The summed E-state index contributed by atoms with van der Waals surface area (Å²) in [6.45, 7) is 3.27. The van der Waals surface area contributed by atoms with E-state index in [0.29, 0.717) is 5.76 Å². The molecule has 0 unspecified atom stereocenters. The van der Waals surface area contributed by atoms with Crippen LogP contribution in [0.1, 0.15) is 13.8 Å². The first-order valence-electron chi connectivity index (χ1n) is 4.20. The molecule has 1 N–H and O–H groups in total. The molecule has 0 atom stereocenters. The van der Waals surface area contributed by atoms with Crippen molar-refractivity contribution in [2.45, 2.75) is 19.4 Å². The summed E-state index contributed by atoms with van der Waals surface area (Å²) in [5.41, 5.74) is -0.957. The van der Waals surface area contributed by atoms with Gasteiger partial charge in [-0.25, -0.2) is 5.06 Å². The van der Waals surface area contributed by atoms with Crippen LogP contribution >= 0.6 is 0 Å². The molecule has 1 amide bonds. The molecule has 2 heterocycles. The lowest BCUT2D eigenvalue weighted by atomic mass is 10.1. The monoisotopic (exact) mass is 194 g/mol. The number of fused-ring (bicyclic) bond motifs is 1. The van der Waals surface area contributed by atoms with E-state index in [2.05, 4.69) is 4.99 Å². The number of amidine groups is 1. The number of allylic oxidation sites excluding steroid dienone is 2. The minimum atomic E-state index is -0.957. The van der Waals surface area contributed by atoms with Gasteiger partial charge in [0, 0.05) is 6.20 Å². The minimum Gasteiger partial charge on any atom is -0.474 e. The summed E-state index contributed by atoms with van der Waals surface area (Å²) in [6.07, 6.45) is 4.65. The molecular weight excluding hydrogens is 184 g/mol. The smallest absolute Gasteiger partial charge is 0.291 e. The van der Waals surface area contributed by atoms with Crippen LogP contribution in [0.15, 0.2) is 29.1 Å². The topological polar surface area (TPSA) is 62.1 Å². The fourth-order valence-electron chi connectivity index (χ4n) is 1.21. The van der Waals surface area contributed by atoms with Gasteiger partial charge >= 0.3 is 0 Å². The van der Waals surface area contributed by atoms with E-state index >= 15 is 0 Å². The average Bonchev–Trinajstić information content (AvgIpc) is 2.08. The van der Waals surface area contributed by atoms with Crippen LogP contribution in [0.2, 0.25) is 0 Å². The zero-order valence-corrected chi connectivity index (χ0v) is 7.89. The predicted molar refractivity (Wildman–Crippen MR) is 48.5 cm³/mol. The number of nitrogens with zero attached hydrogens (tertiary/aromatic N) is 2. The highest BCUT2D eigenvalue weighted by molar-refractivity contribution is 6.08. The molecule has 74 valence electrons. The van der Waals surface area contributed by atoms with Gasteiger partial charge in [0.25, 0.3) is 5.91 Å². The van der Waals surface area contributed by atoms with Crippen LogP contribution in [-0.4, -0.2) is 27.6 Å². The molecule has 2 aliphatic rings. The summed E-state index contributed by atoms with van der Waals surface area (Å²) in [7, 11) is 0. The van der Waals surface area contributed by atoms with Crippen molar-refractivity contribution in [2.24, 2.45) is 4.99 Å². The first kappa shape index (κ1) is 8.96. The molecule has 0 aromatic rings. The normalized spacial score (nSPS) is 23.6. The third-order valence-corrected chi connectivity index (χ3v) is 2.00. The van der Waals surface area contributed by atoms with Crippen LogP contribution in [-0.2, 0) is 9.53 Å². The van der Waals surface area contributed by atoms with Gasteiger partial charge in [0.1, 0.15) is 0 Å². The van der Waals surface area contributed by atoms with Crippen molar-refractivity contribution in [2.75, 3.05) is 0 Å². The van der Waals surface area contributed by atoms with E-state index in [0.717, 1.165) is 5.06 Å². The highest BCUT2D eigenvalue weighted by Crippen LogP contribution is 2.25. The van der Waals surface area contributed by atoms with E-state index in [9.17, 15) is 10.0 Å². The van der Waals surface area contributed by atoms with E-state index in [1.54, 1.807) is 26.0 Å². The van der Waals surface area contributed by atoms with Crippen LogP contribution in [0.4, 0.5) is 0 Å². The number of aliphatic imine (C=N–C) groups is 1. The number of carbonyl (C=O) groups excluding carboxylic acids is 1. The minimum absolute atomic E-state index is 0.136. The molecule has 0 saturated heterocycles. The van der Waals surface area contributed by atoms with Crippen LogP contribution in [0, 0.1) is 0 Å². The molecule has 0 aromatic carbocycles. The maximum absolute atomic E-state index is 11.4.